The Bertz CT molecular complexity index is 495. The van der Waals surface area contributed by atoms with E-state index in [1.165, 1.54) is 0 Å². The maximum absolute atomic E-state index is 12.7. The number of hydrogen-bond donors (Lipinski definition) is 2. The zero-order valence-corrected chi connectivity index (χ0v) is 13.9. The summed E-state index contributed by atoms with van der Waals surface area (Å²) in [5.74, 6) is -0.00969. The van der Waals surface area contributed by atoms with Gasteiger partial charge in [-0.2, -0.15) is 0 Å². The van der Waals surface area contributed by atoms with E-state index in [4.69, 9.17) is 0 Å². The molecule has 1 heterocycles. The molecule has 2 rings (SSSR count). The number of amides is 2. The summed E-state index contributed by atoms with van der Waals surface area (Å²) in [5.41, 5.74) is 1.01. The van der Waals surface area contributed by atoms with Crippen molar-refractivity contribution in [2.24, 2.45) is 5.92 Å². The van der Waals surface area contributed by atoms with Crippen LogP contribution in [0.15, 0.2) is 30.3 Å². The van der Waals surface area contributed by atoms with E-state index in [1.807, 2.05) is 49.2 Å². The molecule has 1 fully saturated rings. The van der Waals surface area contributed by atoms with Crippen molar-refractivity contribution in [3.05, 3.63) is 35.9 Å². The van der Waals surface area contributed by atoms with Crippen LogP contribution < -0.4 is 10.6 Å². The van der Waals surface area contributed by atoms with Crippen molar-refractivity contribution < 1.29 is 9.59 Å². The molecular weight excluding hydrogens is 302 g/mol. The van der Waals surface area contributed by atoms with Crippen molar-refractivity contribution >= 4 is 24.2 Å². The van der Waals surface area contributed by atoms with Crippen LogP contribution in [0.25, 0.3) is 0 Å². The van der Waals surface area contributed by atoms with Crippen LogP contribution in [0.5, 0.6) is 0 Å². The average Bonchev–Trinajstić information content (AvgIpc) is 2.69. The Balaban J connectivity index is 0.00000242. The molecule has 0 radical (unpaired) electrons. The second-order valence-corrected chi connectivity index (χ2v) is 5.47. The Morgan fingerprint density at radius 1 is 1.41 bits per heavy atom. The summed E-state index contributed by atoms with van der Waals surface area (Å²) in [5, 5.41) is 5.89. The number of benzene rings is 1. The zero-order valence-electron chi connectivity index (χ0n) is 13.0. The first-order valence-electron chi connectivity index (χ1n) is 7.40. The van der Waals surface area contributed by atoms with Crippen LogP contribution in [0.1, 0.15) is 24.9 Å². The minimum atomic E-state index is -0.180. The van der Waals surface area contributed by atoms with Gasteiger partial charge >= 0.3 is 0 Å². The molecule has 2 N–H and O–H groups in total. The lowest BCUT2D eigenvalue weighted by Crippen LogP contribution is -2.42. The van der Waals surface area contributed by atoms with E-state index in [2.05, 4.69) is 10.6 Å². The third-order valence-electron chi connectivity index (χ3n) is 3.83. The Kier molecular flexibility index (Phi) is 7.35. The first kappa shape index (κ1) is 18.5. The van der Waals surface area contributed by atoms with E-state index in [1.54, 1.807) is 0 Å². The van der Waals surface area contributed by atoms with Crippen molar-refractivity contribution in [2.75, 3.05) is 26.7 Å². The molecule has 0 aliphatic carbocycles. The Morgan fingerprint density at radius 2 is 2.09 bits per heavy atom. The predicted octanol–water partition coefficient (Wildman–Crippen LogP) is 1.35. The molecule has 1 aliphatic rings. The Hall–Kier alpha value is -1.59. The first-order valence-corrected chi connectivity index (χ1v) is 7.40. The van der Waals surface area contributed by atoms with Gasteiger partial charge in [-0.3, -0.25) is 9.59 Å². The van der Waals surface area contributed by atoms with Crippen molar-refractivity contribution in [1.82, 2.24) is 15.5 Å². The topological polar surface area (TPSA) is 61.4 Å². The van der Waals surface area contributed by atoms with E-state index in [0.29, 0.717) is 26.1 Å². The van der Waals surface area contributed by atoms with E-state index in [-0.39, 0.29) is 36.2 Å². The molecule has 1 aliphatic heterocycles. The van der Waals surface area contributed by atoms with Crippen LogP contribution in [0.2, 0.25) is 0 Å². The van der Waals surface area contributed by atoms with E-state index < -0.39 is 0 Å². The summed E-state index contributed by atoms with van der Waals surface area (Å²) >= 11 is 0. The van der Waals surface area contributed by atoms with Crippen LogP contribution >= 0.6 is 12.4 Å². The lowest BCUT2D eigenvalue weighted by Gasteiger charge is -2.31. The minimum Gasteiger partial charge on any atom is -0.354 e. The lowest BCUT2D eigenvalue weighted by atomic mass is 10.00. The Morgan fingerprint density at radius 3 is 2.73 bits per heavy atom. The quantitative estimate of drug-likeness (QED) is 0.878. The fourth-order valence-corrected chi connectivity index (χ4v) is 2.74. The van der Waals surface area contributed by atoms with Gasteiger partial charge < -0.3 is 15.5 Å². The smallest absolute Gasteiger partial charge is 0.227 e. The fourth-order valence-electron chi connectivity index (χ4n) is 2.74. The zero-order chi connectivity index (χ0) is 15.2. The molecule has 2 atom stereocenters. The monoisotopic (exact) mass is 325 g/mol. The highest BCUT2D eigenvalue weighted by atomic mass is 35.5. The molecule has 0 aromatic heterocycles. The summed E-state index contributed by atoms with van der Waals surface area (Å²) in [6.45, 7) is 3.62. The number of halogens is 1. The van der Waals surface area contributed by atoms with Gasteiger partial charge in [0.25, 0.3) is 0 Å². The van der Waals surface area contributed by atoms with Gasteiger partial charge in [-0.05, 0) is 12.6 Å². The number of carbonyl (C=O) groups is 2. The predicted molar refractivity (Wildman–Crippen MR) is 88.9 cm³/mol. The molecule has 122 valence electrons. The number of carbonyl (C=O) groups excluding carboxylic acids is 2. The van der Waals surface area contributed by atoms with Crippen molar-refractivity contribution in [3.63, 3.8) is 0 Å². The van der Waals surface area contributed by atoms with Gasteiger partial charge in [-0.15, -0.1) is 12.4 Å². The van der Waals surface area contributed by atoms with E-state index in [9.17, 15) is 9.59 Å². The molecule has 0 saturated carbocycles. The molecule has 5 nitrogen and oxygen atoms in total. The van der Waals surface area contributed by atoms with E-state index >= 15 is 0 Å². The molecule has 2 amide bonds. The lowest BCUT2D eigenvalue weighted by molar-refractivity contribution is -0.137. The van der Waals surface area contributed by atoms with Gasteiger partial charge in [0.05, 0.1) is 12.5 Å². The Labute approximate surface area is 137 Å². The van der Waals surface area contributed by atoms with Crippen LogP contribution in [-0.2, 0) is 9.59 Å². The number of nitrogens with zero attached hydrogens (tertiary/aromatic N) is 1. The second kappa shape index (κ2) is 8.76. The molecule has 2 unspecified atom stereocenters. The van der Waals surface area contributed by atoms with Crippen molar-refractivity contribution in [3.8, 4) is 0 Å². The highest BCUT2D eigenvalue weighted by Crippen LogP contribution is 2.27. The van der Waals surface area contributed by atoms with Crippen LogP contribution in [0.3, 0.4) is 0 Å². The third kappa shape index (κ3) is 4.45. The first-order chi connectivity index (χ1) is 10.1. The summed E-state index contributed by atoms with van der Waals surface area (Å²) < 4.78 is 0. The molecule has 1 saturated heterocycles. The molecule has 0 bridgehead atoms. The largest absolute Gasteiger partial charge is 0.354 e. The fraction of sp³-hybridized carbons (Fsp3) is 0.500. The average molecular weight is 326 g/mol. The van der Waals surface area contributed by atoms with Crippen LogP contribution in [-0.4, -0.2) is 43.4 Å². The van der Waals surface area contributed by atoms with Gasteiger partial charge in [-0.1, -0.05) is 37.3 Å². The maximum atomic E-state index is 12.7. The van der Waals surface area contributed by atoms with Gasteiger partial charge in [0.1, 0.15) is 0 Å². The highest BCUT2D eigenvalue weighted by Gasteiger charge is 2.31. The van der Waals surface area contributed by atoms with Crippen LogP contribution in [0.4, 0.5) is 0 Å². The SMILES string of the molecule is CNCC(C)C(=O)N1CCNC(=O)CC1c1ccccc1.Cl. The highest BCUT2D eigenvalue weighted by molar-refractivity contribution is 5.85. The molecule has 1 aromatic rings. The van der Waals surface area contributed by atoms with Crippen molar-refractivity contribution in [1.29, 1.82) is 0 Å². The molecular formula is C16H24ClN3O2. The summed E-state index contributed by atoms with van der Waals surface area (Å²) in [4.78, 5) is 26.4. The molecule has 6 heteroatoms. The number of nitrogens with one attached hydrogen (secondary N) is 2. The molecule has 1 aromatic carbocycles. The van der Waals surface area contributed by atoms with E-state index in [0.717, 1.165) is 5.56 Å². The molecule has 22 heavy (non-hydrogen) atoms. The molecule has 0 spiro atoms. The summed E-state index contributed by atoms with van der Waals surface area (Å²) in [7, 11) is 1.84. The number of hydrogen-bond acceptors (Lipinski definition) is 3. The number of rotatable bonds is 4. The standard InChI is InChI=1S/C16H23N3O2.ClH/c1-12(11-17-2)16(21)19-9-8-18-15(20)10-14(19)13-6-4-3-5-7-13;/h3-7,12,14,17H,8-11H2,1-2H3,(H,18,20);1H. The van der Waals surface area contributed by atoms with Gasteiger partial charge in [0, 0.05) is 25.6 Å². The second-order valence-electron chi connectivity index (χ2n) is 5.47. The van der Waals surface area contributed by atoms with Gasteiger partial charge in [-0.25, -0.2) is 0 Å². The van der Waals surface area contributed by atoms with Gasteiger partial charge in [0.15, 0.2) is 0 Å². The minimum absolute atomic E-state index is 0. The third-order valence-corrected chi connectivity index (χ3v) is 3.83. The summed E-state index contributed by atoms with van der Waals surface area (Å²) in [6.07, 6.45) is 0.321. The van der Waals surface area contributed by atoms with Crippen LogP contribution in [0, 0.1) is 5.92 Å². The van der Waals surface area contributed by atoms with Gasteiger partial charge in [0.2, 0.25) is 11.8 Å². The maximum Gasteiger partial charge on any atom is 0.227 e. The summed E-state index contributed by atoms with van der Waals surface area (Å²) in [6, 6.07) is 9.60. The normalized spacial score (nSPS) is 19.6. The van der Waals surface area contributed by atoms with Crippen molar-refractivity contribution in [2.45, 2.75) is 19.4 Å².